The molecule has 1 aromatic carbocycles. The van der Waals surface area contributed by atoms with Gasteiger partial charge in [0.25, 0.3) is 5.91 Å². The molecule has 0 saturated heterocycles. The average molecular weight is 395 g/mol. The molecule has 5 nitrogen and oxygen atoms in total. The second-order valence-corrected chi connectivity index (χ2v) is 8.50. The van der Waals surface area contributed by atoms with Crippen LogP contribution in [0.5, 0.6) is 0 Å². The first-order valence-electron chi connectivity index (χ1n) is 9.98. The monoisotopic (exact) mass is 394 g/mol. The fourth-order valence-corrected chi connectivity index (χ4v) is 5.23. The van der Waals surface area contributed by atoms with Crippen molar-refractivity contribution < 1.29 is 4.79 Å². The number of nitrogens with zero attached hydrogens (tertiary/aromatic N) is 3. The summed E-state index contributed by atoms with van der Waals surface area (Å²) < 4.78 is 2.30. The summed E-state index contributed by atoms with van der Waals surface area (Å²) in [4.78, 5) is 21.1. The molecule has 5 atom stereocenters. The Morgan fingerprint density at radius 3 is 2.61 bits per heavy atom. The topological polar surface area (TPSA) is 59.8 Å². The van der Waals surface area contributed by atoms with Gasteiger partial charge in [0.1, 0.15) is 12.0 Å². The van der Waals surface area contributed by atoms with Gasteiger partial charge in [-0.3, -0.25) is 4.79 Å². The second-order valence-electron chi connectivity index (χ2n) is 8.06. The molecule has 2 aliphatic carbocycles. The van der Waals surface area contributed by atoms with Crippen molar-refractivity contribution in [2.75, 3.05) is 0 Å². The lowest BCUT2D eigenvalue weighted by Crippen LogP contribution is -2.37. The molecule has 1 unspecified atom stereocenters. The van der Waals surface area contributed by atoms with Crippen LogP contribution in [0.1, 0.15) is 42.6 Å². The van der Waals surface area contributed by atoms with Crippen LogP contribution < -0.4 is 5.32 Å². The first-order chi connectivity index (χ1) is 13.6. The molecule has 6 heteroatoms. The zero-order valence-corrected chi connectivity index (χ0v) is 16.5. The molecule has 28 heavy (non-hydrogen) atoms. The standard InChI is InChI=1S/C22H23ClN4O/c1-2-18(26-22(28)13-3-5-14(23)6-4-13)21-16-9-15(10-17(16)21)27-8-7-19-20(11-27)25-12-24-19/h3-8,11-12,15-18,21H,2,9-10H2,1H3,(H,26,28)/t15-,16-,17+,18?,21+. The maximum absolute atomic E-state index is 12.6. The highest BCUT2D eigenvalue weighted by Crippen LogP contribution is 2.62. The fourth-order valence-electron chi connectivity index (χ4n) is 5.11. The number of pyridine rings is 1. The number of imidazole rings is 1. The molecule has 2 fully saturated rings. The van der Waals surface area contributed by atoms with Crippen molar-refractivity contribution in [2.24, 2.45) is 17.8 Å². The van der Waals surface area contributed by atoms with E-state index in [0.29, 0.717) is 34.4 Å². The van der Waals surface area contributed by atoms with Crippen LogP contribution in [0.3, 0.4) is 0 Å². The van der Waals surface area contributed by atoms with E-state index in [9.17, 15) is 4.79 Å². The Labute approximate surface area is 169 Å². The highest BCUT2D eigenvalue weighted by Gasteiger charge is 2.58. The third kappa shape index (κ3) is 3.08. The van der Waals surface area contributed by atoms with Gasteiger partial charge in [0, 0.05) is 35.1 Å². The number of hydrogen-bond acceptors (Lipinski definition) is 3. The summed E-state index contributed by atoms with van der Waals surface area (Å²) in [6.07, 6.45) is 9.17. The number of halogens is 1. The van der Waals surface area contributed by atoms with E-state index in [0.717, 1.165) is 17.8 Å². The molecule has 2 saturated carbocycles. The molecule has 0 spiro atoms. The summed E-state index contributed by atoms with van der Waals surface area (Å²) in [5.41, 5.74) is 2.58. The Balaban J connectivity index is 1.23. The summed E-state index contributed by atoms with van der Waals surface area (Å²) in [5, 5.41) is 3.91. The predicted molar refractivity (Wildman–Crippen MR) is 108 cm³/mol. The van der Waals surface area contributed by atoms with Crippen LogP contribution >= 0.6 is 11.6 Å². The molecule has 5 rings (SSSR count). The molecule has 0 aromatic heterocycles. The molecular formula is C22H23ClN4O. The van der Waals surface area contributed by atoms with Crippen LogP contribution in [0.2, 0.25) is 5.02 Å². The molecule has 1 amide bonds. The second kappa shape index (κ2) is 6.89. The third-order valence-corrected chi connectivity index (χ3v) is 6.82. The van der Waals surface area contributed by atoms with Crippen molar-refractivity contribution in [1.82, 2.24) is 19.9 Å². The Bertz CT molecular complexity index is 957. The van der Waals surface area contributed by atoms with Gasteiger partial charge in [-0.1, -0.05) is 18.5 Å². The van der Waals surface area contributed by atoms with E-state index in [4.69, 9.17) is 11.6 Å². The first-order valence-corrected chi connectivity index (χ1v) is 10.4. The number of carbonyl (C=O) groups is 1. The normalized spacial score (nSPS) is 26.8. The van der Waals surface area contributed by atoms with E-state index in [1.54, 1.807) is 30.6 Å². The quantitative estimate of drug-likeness (QED) is 0.695. The Morgan fingerprint density at radius 1 is 1.18 bits per heavy atom. The maximum Gasteiger partial charge on any atom is 0.251 e. The highest BCUT2D eigenvalue weighted by molar-refractivity contribution is 6.30. The number of fused-ring (bicyclic) bond motifs is 2. The van der Waals surface area contributed by atoms with Gasteiger partial charge in [-0.15, -0.1) is 0 Å². The number of carbonyl (C=O) groups excluding carboxylic acids is 1. The zero-order chi connectivity index (χ0) is 19.3. The maximum atomic E-state index is 12.6. The Hall–Kier alpha value is -2.40. The van der Waals surface area contributed by atoms with Crippen molar-refractivity contribution in [3.63, 3.8) is 0 Å². The lowest BCUT2D eigenvalue weighted by atomic mass is 9.98. The van der Waals surface area contributed by atoms with Crippen LogP contribution in [0, 0.1) is 17.8 Å². The number of amides is 1. The third-order valence-electron chi connectivity index (χ3n) is 6.57. The minimum atomic E-state index is -0.000325. The van der Waals surface area contributed by atoms with Gasteiger partial charge in [0.2, 0.25) is 0 Å². The number of nitrogens with one attached hydrogen (secondary N) is 1. The SMILES string of the molecule is CCC(NC(=O)c1ccc(Cl)cc1)[C@H]1[C@@H]2C[C@@H](n3ccc4ncnc-4c3)C[C@@H]21. The number of rotatable bonds is 5. The van der Waals surface area contributed by atoms with Gasteiger partial charge < -0.3 is 9.88 Å². The van der Waals surface area contributed by atoms with Crippen molar-refractivity contribution >= 4 is 17.5 Å². The summed E-state index contributed by atoms with van der Waals surface area (Å²) >= 11 is 5.92. The molecular weight excluding hydrogens is 372 g/mol. The van der Waals surface area contributed by atoms with E-state index >= 15 is 0 Å². The van der Waals surface area contributed by atoms with E-state index in [1.807, 2.05) is 6.07 Å². The summed E-state index contributed by atoms with van der Waals surface area (Å²) in [6.45, 7) is 2.16. The molecule has 0 bridgehead atoms. The molecule has 2 heterocycles. The van der Waals surface area contributed by atoms with Crippen LogP contribution in [-0.2, 0) is 0 Å². The van der Waals surface area contributed by atoms with Crippen molar-refractivity contribution in [3.8, 4) is 11.4 Å². The fraction of sp³-hybridized carbons (Fsp3) is 0.409. The van der Waals surface area contributed by atoms with Crippen molar-refractivity contribution in [2.45, 2.75) is 38.3 Å². The minimum absolute atomic E-state index is 0.000325. The van der Waals surface area contributed by atoms with Crippen LogP contribution in [0.25, 0.3) is 11.4 Å². The van der Waals surface area contributed by atoms with Gasteiger partial charge in [-0.25, -0.2) is 9.97 Å². The largest absolute Gasteiger partial charge is 0.349 e. The van der Waals surface area contributed by atoms with Crippen molar-refractivity contribution in [1.29, 1.82) is 0 Å². The molecule has 4 aliphatic rings. The van der Waals surface area contributed by atoms with Gasteiger partial charge in [-0.05, 0) is 67.3 Å². The van der Waals surface area contributed by atoms with E-state index in [-0.39, 0.29) is 11.9 Å². The average Bonchev–Trinajstić information content (AvgIpc) is 3.06. The Kier molecular flexibility index (Phi) is 4.35. The van der Waals surface area contributed by atoms with Crippen LogP contribution in [0.15, 0.2) is 49.1 Å². The van der Waals surface area contributed by atoms with Crippen molar-refractivity contribution in [3.05, 3.63) is 59.6 Å². The molecule has 0 radical (unpaired) electrons. The molecule has 2 aliphatic heterocycles. The van der Waals surface area contributed by atoms with E-state index in [1.165, 1.54) is 12.8 Å². The van der Waals surface area contributed by atoms with Gasteiger partial charge >= 0.3 is 0 Å². The lowest BCUT2D eigenvalue weighted by molar-refractivity contribution is 0.0927. The number of benzene rings is 1. The summed E-state index contributed by atoms with van der Waals surface area (Å²) in [7, 11) is 0. The summed E-state index contributed by atoms with van der Waals surface area (Å²) in [5.74, 6) is 2.00. The van der Waals surface area contributed by atoms with Gasteiger partial charge in [0.15, 0.2) is 0 Å². The number of aromatic nitrogens is 3. The van der Waals surface area contributed by atoms with Gasteiger partial charge in [0.05, 0.1) is 5.69 Å². The highest BCUT2D eigenvalue weighted by atomic mass is 35.5. The van der Waals surface area contributed by atoms with Crippen LogP contribution in [0.4, 0.5) is 0 Å². The number of hydrogen-bond donors (Lipinski definition) is 1. The molecule has 1 aromatic rings. The summed E-state index contributed by atoms with van der Waals surface area (Å²) in [6, 6.07) is 9.91. The molecule has 144 valence electrons. The van der Waals surface area contributed by atoms with Crippen LogP contribution in [-0.4, -0.2) is 26.5 Å². The Morgan fingerprint density at radius 2 is 1.89 bits per heavy atom. The predicted octanol–water partition coefficient (Wildman–Crippen LogP) is 4.44. The van der Waals surface area contributed by atoms with Gasteiger partial charge in [-0.2, -0.15) is 0 Å². The molecule has 1 N–H and O–H groups in total. The smallest absolute Gasteiger partial charge is 0.251 e. The van der Waals surface area contributed by atoms with E-state index < -0.39 is 0 Å². The van der Waals surface area contributed by atoms with E-state index in [2.05, 4.69) is 39.2 Å². The first kappa shape index (κ1) is 17.7. The lowest BCUT2D eigenvalue weighted by Gasteiger charge is -2.23. The minimum Gasteiger partial charge on any atom is -0.349 e. The zero-order valence-electron chi connectivity index (χ0n) is 15.8.